The molecule has 0 aliphatic carbocycles. The van der Waals surface area contributed by atoms with Crippen LogP contribution in [0.15, 0.2) is 53.6 Å². The van der Waals surface area contributed by atoms with Gasteiger partial charge in [0.15, 0.2) is 0 Å². The Morgan fingerprint density at radius 2 is 1.67 bits per heavy atom. The highest BCUT2D eigenvalue weighted by Crippen LogP contribution is 2.09. The number of carbonyl (C=O) groups excluding carboxylic acids is 2. The molecule has 4 N–H and O–H groups in total. The average molecular weight is 324 g/mol. The molecule has 2 aromatic rings. The van der Waals surface area contributed by atoms with Gasteiger partial charge < -0.3 is 11.1 Å². The summed E-state index contributed by atoms with van der Waals surface area (Å²) in [5.41, 5.74) is 11.4. The normalized spacial score (nSPS) is 11.0. The predicted octanol–water partition coefficient (Wildman–Crippen LogP) is 2.71. The summed E-state index contributed by atoms with van der Waals surface area (Å²) < 4.78 is 0. The van der Waals surface area contributed by atoms with Crippen molar-refractivity contribution in [1.82, 2.24) is 5.43 Å². The maximum atomic E-state index is 11.9. The lowest BCUT2D eigenvalue weighted by Crippen LogP contribution is -2.21. The Hall–Kier alpha value is -3.15. The molecule has 0 saturated carbocycles. The number of anilines is 2. The smallest absolute Gasteiger partial charge is 0.271 e. The zero-order chi connectivity index (χ0) is 17.5. The molecule has 0 aromatic heterocycles. The summed E-state index contributed by atoms with van der Waals surface area (Å²) in [7, 11) is 0. The Labute approximate surface area is 140 Å². The number of aryl methyl sites for hydroxylation is 1. The van der Waals surface area contributed by atoms with Gasteiger partial charge in [-0.3, -0.25) is 9.59 Å². The van der Waals surface area contributed by atoms with Gasteiger partial charge in [-0.05, 0) is 50.2 Å². The summed E-state index contributed by atoms with van der Waals surface area (Å²) in [5.74, 6) is -0.546. The molecular weight excluding hydrogens is 304 g/mol. The van der Waals surface area contributed by atoms with Crippen LogP contribution in [0.25, 0.3) is 0 Å². The van der Waals surface area contributed by atoms with E-state index in [1.807, 2.05) is 31.2 Å². The second kappa shape index (κ2) is 7.92. The number of hydrogen-bond acceptors (Lipinski definition) is 4. The zero-order valence-electron chi connectivity index (χ0n) is 13.7. The fourth-order valence-corrected chi connectivity index (χ4v) is 1.96. The third kappa shape index (κ3) is 5.24. The highest BCUT2D eigenvalue weighted by molar-refractivity contribution is 6.06. The van der Waals surface area contributed by atoms with Gasteiger partial charge in [-0.2, -0.15) is 5.10 Å². The van der Waals surface area contributed by atoms with Crippen LogP contribution < -0.4 is 16.5 Å². The van der Waals surface area contributed by atoms with Crippen molar-refractivity contribution in [1.29, 1.82) is 0 Å². The molecule has 0 atom stereocenters. The van der Waals surface area contributed by atoms with Gasteiger partial charge in [0.25, 0.3) is 5.91 Å². The van der Waals surface area contributed by atoms with Crippen molar-refractivity contribution in [3.05, 3.63) is 59.7 Å². The van der Waals surface area contributed by atoms with Crippen LogP contribution in [0.1, 0.15) is 29.3 Å². The number of nitrogens with zero attached hydrogens (tertiary/aromatic N) is 1. The van der Waals surface area contributed by atoms with Gasteiger partial charge in [-0.15, -0.1) is 0 Å². The molecule has 0 fully saturated rings. The lowest BCUT2D eigenvalue weighted by Gasteiger charge is -2.06. The van der Waals surface area contributed by atoms with Crippen LogP contribution in [0.5, 0.6) is 0 Å². The number of hydrogen-bond donors (Lipinski definition) is 3. The van der Waals surface area contributed by atoms with Crippen molar-refractivity contribution in [2.24, 2.45) is 5.10 Å². The van der Waals surface area contributed by atoms with E-state index in [-0.39, 0.29) is 18.2 Å². The largest absolute Gasteiger partial charge is 0.399 e. The minimum atomic E-state index is -0.353. The zero-order valence-corrected chi connectivity index (χ0v) is 13.7. The van der Waals surface area contributed by atoms with E-state index >= 15 is 0 Å². The lowest BCUT2D eigenvalue weighted by atomic mass is 10.2. The summed E-state index contributed by atoms with van der Waals surface area (Å²) in [4.78, 5) is 23.9. The van der Waals surface area contributed by atoms with Crippen LogP contribution in [-0.4, -0.2) is 17.5 Å². The second-order valence-electron chi connectivity index (χ2n) is 5.50. The van der Waals surface area contributed by atoms with E-state index in [1.165, 1.54) is 0 Å². The van der Waals surface area contributed by atoms with E-state index in [1.54, 1.807) is 31.2 Å². The molecule has 0 spiro atoms. The van der Waals surface area contributed by atoms with Crippen LogP contribution in [0.4, 0.5) is 11.4 Å². The van der Waals surface area contributed by atoms with Gasteiger partial charge in [-0.1, -0.05) is 17.7 Å². The van der Waals surface area contributed by atoms with Crippen molar-refractivity contribution in [3.63, 3.8) is 0 Å². The molecule has 124 valence electrons. The van der Waals surface area contributed by atoms with Crippen LogP contribution in [0.2, 0.25) is 0 Å². The van der Waals surface area contributed by atoms with E-state index in [0.29, 0.717) is 17.0 Å². The molecule has 24 heavy (non-hydrogen) atoms. The maximum Gasteiger partial charge on any atom is 0.271 e. The number of amides is 2. The summed E-state index contributed by atoms with van der Waals surface area (Å²) in [6.07, 6.45) is 0.0931. The van der Waals surface area contributed by atoms with Crippen molar-refractivity contribution in [2.45, 2.75) is 20.3 Å². The molecule has 2 amide bonds. The number of nitrogens with one attached hydrogen (secondary N) is 2. The summed E-state index contributed by atoms with van der Waals surface area (Å²) in [6.45, 7) is 3.66. The van der Waals surface area contributed by atoms with E-state index in [2.05, 4.69) is 15.8 Å². The molecule has 6 heteroatoms. The standard InChI is InChI=1S/C18H20N4O2/c1-12-3-9-16(10-4-12)20-17(23)11-13(2)21-22-18(24)14-5-7-15(19)8-6-14/h3-10H,11,19H2,1-2H3,(H,20,23)(H,22,24). The Bertz CT molecular complexity index is 750. The third-order valence-corrected chi connectivity index (χ3v) is 3.27. The second-order valence-corrected chi connectivity index (χ2v) is 5.50. The first-order chi connectivity index (χ1) is 11.4. The SMILES string of the molecule is CC(CC(=O)Nc1ccc(C)cc1)=NNC(=O)c1ccc(N)cc1. The summed E-state index contributed by atoms with van der Waals surface area (Å²) >= 11 is 0. The molecule has 6 nitrogen and oxygen atoms in total. The number of carbonyl (C=O) groups is 2. The topological polar surface area (TPSA) is 96.6 Å². The highest BCUT2D eigenvalue weighted by atomic mass is 16.2. The molecule has 0 bridgehead atoms. The van der Waals surface area contributed by atoms with Crippen molar-refractivity contribution < 1.29 is 9.59 Å². The Balaban J connectivity index is 1.86. The molecular formula is C18H20N4O2. The Morgan fingerprint density at radius 1 is 1.04 bits per heavy atom. The third-order valence-electron chi connectivity index (χ3n) is 3.27. The minimum absolute atomic E-state index is 0.0931. The molecule has 0 radical (unpaired) electrons. The maximum absolute atomic E-state index is 11.9. The minimum Gasteiger partial charge on any atom is -0.399 e. The summed E-state index contributed by atoms with van der Waals surface area (Å²) in [5, 5.41) is 6.72. The van der Waals surface area contributed by atoms with Gasteiger partial charge in [0, 0.05) is 22.6 Å². The van der Waals surface area contributed by atoms with E-state index < -0.39 is 0 Å². The average Bonchev–Trinajstić information content (AvgIpc) is 2.55. The number of benzene rings is 2. The molecule has 2 aromatic carbocycles. The van der Waals surface area contributed by atoms with E-state index in [0.717, 1.165) is 11.3 Å². The lowest BCUT2D eigenvalue weighted by molar-refractivity contribution is -0.115. The van der Waals surface area contributed by atoms with Gasteiger partial charge in [0.2, 0.25) is 5.91 Å². The Morgan fingerprint density at radius 3 is 2.29 bits per heavy atom. The number of hydrazone groups is 1. The molecule has 0 aliphatic heterocycles. The fourth-order valence-electron chi connectivity index (χ4n) is 1.96. The van der Waals surface area contributed by atoms with Gasteiger partial charge in [0.05, 0.1) is 6.42 Å². The molecule has 0 unspecified atom stereocenters. The van der Waals surface area contributed by atoms with Crippen molar-refractivity contribution in [3.8, 4) is 0 Å². The quantitative estimate of drug-likeness (QED) is 0.448. The molecule has 2 rings (SSSR count). The first kappa shape index (κ1) is 17.2. The van der Waals surface area contributed by atoms with E-state index in [9.17, 15) is 9.59 Å². The number of nitrogens with two attached hydrogens (primary N) is 1. The van der Waals surface area contributed by atoms with E-state index in [4.69, 9.17) is 5.73 Å². The highest BCUT2D eigenvalue weighted by Gasteiger charge is 2.07. The Kier molecular flexibility index (Phi) is 5.68. The fraction of sp³-hybridized carbons (Fsp3) is 0.167. The van der Waals surface area contributed by atoms with Crippen molar-refractivity contribution in [2.75, 3.05) is 11.1 Å². The predicted molar refractivity (Wildman–Crippen MR) is 95.9 cm³/mol. The first-order valence-electron chi connectivity index (χ1n) is 7.49. The van der Waals surface area contributed by atoms with Gasteiger partial charge in [0.1, 0.15) is 0 Å². The summed E-state index contributed by atoms with van der Waals surface area (Å²) in [6, 6.07) is 14.0. The van der Waals surface area contributed by atoms with Crippen molar-refractivity contribution >= 4 is 28.9 Å². The molecule has 0 aliphatic rings. The number of nitrogen functional groups attached to an aromatic ring is 1. The monoisotopic (exact) mass is 324 g/mol. The molecule has 0 heterocycles. The van der Waals surface area contributed by atoms with Gasteiger partial charge >= 0.3 is 0 Å². The number of rotatable bonds is 5. The van der Waals surface area contributed by atoms with Crippen LogP contribution >= 0.6 is 0 Å². The van der Waals surface area contributed by atoms with Gasteiger partial charge in [-0.25, -0.2) is 5.43 Å². The van der Waals surface area contributed by atoms with Crippen LogP contribution in [0.3, 0.4) is 0 Å². The molecule has 0 saturated heterocycles. The van der Waals surface area contributed by atoms with Crippen LogP contribution in [0, 0.1) is 6.92 Å². The first-order valence-corrected chi connectivity index (χ1v) is 7.49. The van der Waals surface area contributed by atoms with Crippen LogP contribution in [-0.2, 0) is 4.79 Å².